The molecule has 1 aliphatic rings. The van der Waals surface area contributed by atoms with E-state index in [-0.39, 0.29) is 12.6 Å². The molecule has 1 atom stereocenters. The Morgan fingerprint density at radius 3 is 2.89 bits per heavy atom. The van der Waals surface area contributed by atoms with E-state index in [9.17, 15) is 5.11 Å². The van der Waals surface area contributed by atoms with E-state index >= 15 is 0 Å². The summed E-state index contributed by atoms with van der Waals surface area (Å²) in [6, 6.07) is 10.5. The zero-order chi connectivity index (χ0) is 13.1. The largest absolute Gasteiger partial charge is 0.394 e. The highest BCUT2D eigenvalue weighted by Crippen LogP contribution is 2.28. The molecule has 1 aromatic carbocycles. The Balaban J connectivity index is 1.73. The third-order valence-corrected chi connectivity index (χ3v) is 3.87. The lowest BCUT2D eigenvalue weighted by Gasteiger charge is -2.36. The summed E-state index contributed by atoms with van der Waals surface area (Å²) >= 11 is 0. The van der Waals surface area contributed by atoms with Crippen LogP contribution in [0.25, 0.3) is 0 Å². The van der Waals surface area contributed by atoms with Crippen molar-refractivity contribution in [2.24, 2.45) is 0 Å². The number of aromatic nitrogens is 2. The second-order valence-electron chi connectivity index (χ2n) is 4.95. The molecule has 2 aromatic rings. The highest BCUT2D eigenvalue weighted by molar-refractivity contribution is 5.32. The molecule has 19 heavy (non-hydrogen) atoms. The monoisotopic (exact) mass is 257 g/mol. The smallest absolute Gasteiger partial charge is 0.0628 e. The molecule has 0 saturated carbocycles. The van der Waals surface area contributed by atoms with Gasteiger partial charge in [0, 0.05) is 25.5 Å². The SMILES string of the molecule is OCC1c2ccccc2CCN1CCn1cccn1. The van der Waals surface area contributed by atoms with E-state index in [4.69, 9.17) is 0 Å². The van der Waals surface area contributed by atoms with Crippen molar-refractivity contribution in [2.45, 2.75) is 19.0 Å². The standard InChI is InChI=1S/C15H19N3O/c19-12-15-14-5-2-1-4-13(14)6-9-17(15)10-11-18-8-3-7-16-18/h1-5,7-8,15,19H,6,9-12H2. The van der Waals surface area contributed by atoms with Crippen LogP contribution in [0.2, 0.25) is 0 Å². The van der Waals surface area contributed by atoms with Crippen LogP contribution in [0, 0.1) is 0 Å². The van der Waals surface area contributed by atoms with Crippen LogP contribution in [0.15, 0.2) is 42.7 Å². The lowest BCUT2D eigenvalue weighted by molar-refractivity contribution is 0.110. The molecule has 2 heterocycles. The van der Waals surface area contributed by atoms with Crippen LogP contribution in [0.4, 0.5) is 0 Å². The molecule has 0 saturated heterocycles. The van der Waals surface area contributed by atoms with Gasteiger partial charge in [-0.2, -0.15) is 5.10 Å². The van der Waals surface area contributed by atoms with Crippen molar-refractivity contribution in [3.05, 3.63) is 53.9 Å². The fourth-order valence-corrected chi connectivity index (χ4v) is 2.85. The summed E-state index contributed by atoms with van der Waals surface area (Å²) < 4.78 is 1.94. The molecule has 0 radical (unpaired) electrons. The summed E-state index contributed by atoms with van der Waals surface area (Å²) in [6.45, 7) is 2.96. The van der Waals surface area contributed by atoms with Crippen LogP contribution >= 0.6 is 0 Å². The Morgan fingerprint density at radius 1 is 1.21 bits per heavy atom. The van der Waals surface area contributed by atoms with Crippen LogP contribution < -0.4 is 0 Å². The van der Waals surface area contributed by atoms with E-state index in [1.165, 1.54) is 11.1 Å². The minimum Gasteiger partial charge on any atom is -0.394 e. The van der Waals surface area contributed by atoms with Crippen LogP contribution in [-0.4, -0.2) is 39.5 Å². The summed E-state index contributed by atoms with van der Waals surface area (Å²) in [5, 5.41) is 13.9. The molecular formula is C15H19N3O. The predicted octanol–water partition coefficient (Wildman–Crippen LogP) is 1.47. The van der Waals surface area contributed by atoms with Crippen LogP contribution in [-0.2, 0) is 13.0 Å². The topological polar surface area (TPSA) is 41.3 Å². The fourth-order valence-electron chi connectivity index (χ4n) is 2.85. The van der Waals surface area contributed by atoms with Crippen molar-refractivity contribution in [1.82, 2.24) is 14.7 Å². The van der Waals surface area contributed by atoms with Gasteiger partial charge in [-0.05, 0) is 23.6 Å². The maximum Gasteiger partial charge on any atom is 0.0628 e. The molecular weight excluding hydrogens is 238 g/mol. The van der Waals surface area contributed by atoms with Crippen molar-refractivity contribution in [1.29, 1.82) is 0 Å². The Morgan fingerprint density at radius 2 is 2.11 bits per heavy atom. The van der Waals surface area contributed by atoms with Gasteiger partial charge in [0.15, 0.2) is 0 Å². The average Bonchev–Trinajstić information content (AvgIpc) is 2.97. The third-order valence-electron chi connectivity index (χ3n) is 3.87. The van der Waals surface area contributed by atoms with Gasteiger partial charge in [-0.1, -0.05) is 24.3 Å². The van der Waals surface area contributed by atoms with E-state index in [0.717, 1.165) is 26.1 Å². The first-order chi connectivity index (χ1) is 9.38. The Bertz CT molecular complexity index is 524. The second kappa shape index (κ2) is 5.55. The number of fused-ring (bicyclic) bond motifs is 1. The number of aliphatic hydroxyl groups is 1. The number of nitrogens with zero attached hydrogens (tertiary/aromatic N) is 3. The Hall–Kier alpha value is -1.65. The van der Waals surface area contributed by atoms with E-state index in [1.807, 2.05) is 16.9 Å². The second-order valence-corrected chi connectivity index (χ2v) is 4.95. The number of rotatable bonds is 4. The summed E-state index contributed by atoms with van der Waals surface area (Å²) in [6.07, 6.45) is 4.84. The molecule has 0 bridgehead atoms. The molecule has 100 valence electrons. The molecule has 1 aliphatic heterocycles. The van der Waals surface area contributed by atoms with Crippen molar-refractivity contribution >= 4 is 0 Å². The van der Waals surface area contributed by atoms with Gasteiger partial charge >= 0.3 is 0 Å². The van der Waals surface area contributed by atoms with Gasteiger partial charge < -0.3 is 5.11 Å². The van der Waals surface area contributed by atoms with E-state index in [1.54, 1.807) is 6.20 Å². The summed E-state index contributed by atoms with van der Waals surface area (Å²) in [5.74, 6) is 0. The third kappa shape index (κ3) is 2.55. The number of aliphatic hydroxyl groups excluding tert-OH is 1. The van der Waals surface area contributed by atoms with Crippen molar-refractivity contribution in [3.8, 4) is 0 Å². The number of hydrogen-bond donors (Lipinski definition) is 1. The van der Waals surface area contributed by atoms with Gasteiger partial charge in [0.2, 0.25) is 0 Å². The summed E-state index contributed by atoms with van der Waals surface area (Å²) in [5.41, 5.74) is 2.65. The predicted molar refractivity (Wildman–Crippen MR) is 73.8 cm³/mol. The van der Waals surface area contributed by atoms with Gasteiger partial charge in [0.25, 0.3) is 0 Å². The van der Waals surface area contributed by atoms with Crippen molar-refractivity contribution in [3.63, 3.8) is 0 Å². The lowest BCUT2D eigenvalue weighted by Crippen LogP contribution is -2.39. The molecule has 0 spiro atoms. The van der Waals surface area contributed by atoms with Crippen molar-refractivity contribution in [2.75, 3.05) is 19.7 Å². The molecule has 1 unspecified atom stereocenters. The molecule has 4 heteroatoms. The zero-order valence-electron chi connectivity index (χ0n) is 10.9. The highest BCUT2D eigenvalue weighted by atomic mass is 16.3. The first-order valence-corrected chi connectivity index (χ1v) is 6.78. The quantitative estimate of drug-likeness (QED) is 0.902. The van der Waals surface area contributed by atoms with Gasteiger partial charge in [-0.15, -0.1) is 0 Å². The number of benzene rings is 1. The van der Waals surface area contributed by atoms with Gasteiger partial charge in [0.1, 0.15) is 0 Å². The van der Waals surface area contributed by atoms with E-state index in [0.29, 0.717) is 0 Å². The molecule has 3 rings (SSSR count). The average molecular weight is 257 g/mol. The van der Waals surface area contributed by atoms with Crippen LogP contribution in [0.3, 0.4) is 0 Å². The van der Waals surface area contributed by atoms with Crippen LogP contribution in [0.1, 0.15) is 17.2 Å². The summed E-state index contributed by atoms with van der Waals surface area (Å²) in [4.78, 5) is 2.35. The number of hydrogen-bond acceptors (Lipinski definition) is 3. The van der Waals surface area contributed by atoms with Crippen LogP contribution in [0.5, 0.6) is 0 Å². The summed E-state index contributed by atoms with van der Waals surface area (Å²) in [7, 11) is 0. The van der Waals surface area contributed by atoms with E-state index < -0.39 is 0 Å². The molecule has 0 aliphatic carbocycles. The normalized spacial score (nSPS) is 19.3. The highest BCUT2D eigenvalue weighted by Gasteiger charge is 2.25. The van der Waals surface area contributed by atoms with Gasteiger partial charge in [0.05, 0.1) is 19.2 Å². The Kier molecular flexibility index (Phi) is 3.62. The molecule has 4 nitrogen and oxygen atoms in total. The fraction of sp³-hybridized carbons (Fsp3) is 0.400. The maximum atomic E-state index is 9.70. The minimum atomic E-state index is 0.125. The first kappa shape index (κ1) is 12.4. The molecule has 1 N–H and O–H groups in total. The molecule has 0 amide bonds. The van der Waals surface area contributed by atoms with Crippen molar-refractivity contribution < 1.29 is 5.11 Å². The van der Waals surface area contributed by atoms with Gasteiger partial charge in [-0.25, -0.2) is 0 Å². The molecule has 0 fully saturated rings. The first-order valence-electron chi connectivity index (χ1n) is 6.78. The maximum absolute atomic E-state index is 9.70. The molecule has 1 aromatic heterocycles. The zero-order valence-corrected chi connectivity index (χ0v) is 10.9. The van der Waals surface area contributed by atoms with Gasteiger partial charge in [-0.3, -0.25) is 9.58 Å². The lowest BCUT2D eigenvalue weighted by atomic mass is 9.93. The minimum absolute atomic E-state index is 0.125. The Labute approximate surface area is 113 Å². The van der Waals surface area contributed by atoms with E-state index in [2.05, 4.69) is 34.3 Å².